The Kier molecular flexibility index (Phi) is 4.31. The van der Waals surface area contributed by atoms with E-state index in [4.69, 9.17) is 0 Å². The van der Waals surface area contributed by atoms with Crippen molar-refractivity contribution in [2.45, 2.75) is 6.54 Å². The molecule has 1 amide bonds. The summed E-state index contributed by atoms with van der Waals surface area (Å²) in [5.41, 5.74) is 3.27. The summed E-state index contributed by atoms with van der Waals surface area (Å²) in [5, 5.41) is 2.59. The zero-order valence-corrected chi connectivity index (χ0v) is 9.60. The molecule has 1 heterocycles. The van der Waals surface area contributed by atoms with Gasteiger partial charge in [-0.1, -0.05) is 0 Å². The van der Waals surface area contributed by atoms with Crippen molar-refractivity contribution in [3.8, 4) is 0 Å². The Hall–Kier alpha value is -2.05. The van der Waals surface area contributed by atoms with Gasteiger partial charge in [0.25, 0.3) is 0 Å². The first kappa shape index (κ1) is 12.0. The Morgan fingerprint density at radius 3 is 3.06 bits per heavy atom. The second-order valence-corrected chi connectivity index (χ2v) is 3.23. The van der Waals surface area contributed by atoms with E-state index in [1.54, 1.807) is 7.05 Å². The summed E-state index contributed by atoms with van der Waals surface area (Å²) in [6.45, 7) is 0.415. The Morgan fingerprint density at radius 1 is 1.75 bits per heavy atom. The van der Waals surface area contributed by atoms with E-state index in [2.05, 4.69) is 20.6 Å². The topological polar surface area (TPSA) is 71.5 Å². The van der Waals surface area contributed by atoms with E-state index >= 15 is 0 Å². The van der Waals surface area contributed by atoms with Gasteiger partial charge in [-0.15, -0.1) is 4.68 Å². The first-order valence-electron chi connectivity index (χ1n) is 4.75. The summed E-state index contributed by atoms with van der Waals surface area (Å²) < 4.78 is 3.81. The van der Waals surface area contributed by atoms with Crippen molar-refractivity contribution in [3.63, 3.8) is 0 Å². The van der Waals surface area contributed by atoms with Crippen LogP contribution in [0.1, 0.15) is 5.56 Å². The number of aromatic nitrogens is 2. The fourth-order valence-electron chi connectivity index (χ4n) is 1.13. The van der Waals surface area contributed by atoms with Crippen LogP contribution in [0.15, 0.2) is 17.4 Å². The van der Waals surface area contributed by atoms with Crippen molar-refractivity contribution in [3.05, 3.63) is 18.0 Å². The molecule has 0 saturated carbocycles. The minimum absolute atomic E-state index is 0.415. The van der Waals surface area contributed by atoms with Crippen LogP contribution in [0.25, 0.3) is 0 Å². The highest BCUT2D eigenvalue weighted by Gasteiger charge is 2.07. The highest BCUT2D eigenvalue weighted by molar-refractivity contribution is 5.68. The highest BCUT2D eigenvalue weighted by Crippen LogP contribution is 1.93. The third kappa shape index (κ3) is 3.60. The molecule has 88 valence electrons. The van der Waals surface area contributed by atoms with Crippen molar-refractivity contribution in [2.24, 2.45) is 19.1 Å². The van der Waals surface area contributed by atoms with Gasteiger partial charge in [0.2, 0.25) is 0 Å². The highest BCUT2D eigenvalue weighted by atomic mass is 16.7. The number of nitrogens with zero attached hydrogens (tertiary/aromatic N) is 3. The number of hydroxylamine groups is 1. The maximum Gasteiger partial charge on any atom is 0.431 e. The first-order valence-corrected chi connectivity index (χ1v) is 4.75. The number of rotatable bonds is 4. The number of hydrogen-bond donors (Lipinski definition) is 2. The zero-order chi connectivity index (χ0) is 12.0. The summed E-state index contributed by atoms with van der Waals surface area (Å²) in [6.07, 6.45) is 4.57. The fourth-order valence-corrected chi connectivity index (χ4v) is 1.13. The molecule has 7 nitrogen and oxygen atoms in total. The number of carbonyl (C=O) groups excluding carboxylic acids is 1. The quantitative estimate of drug-likeness (QED) is 0.307. The molecule has 2 N–H and O–H groups in total. The van der Waals surface area contributed by atoms with Crippen LogP contribution in [-0.2, 0) is 25.5 Å². The van der Waals surface area contributed by atoms with Gasteiger partial charge in [0.15, 0.2) is 13.2 Å². The van der Waals surface area contributed by atoms with E-state index in [0.29, 0.717) is 6.54 Å². The third-order valence-electron chi connectivity index (χ3n) is 1.97. The molecule has 0 aliphatic heterocycles. The zero-order valence-electron chi connectivity index (χ0n) is 9.60. The molecule has 0 unspecified atom stereocenters. The van der Waals surface area contributed by atoms with Gasteiger partial charge in [-0.2, -0.15) is 4.68 Å². The predicted molar refractivity (Wildman–Crippen MR) is 57.5 cm³/mol. The lowest BCUT2D eigenvalue weighted by molar-refractivity contribution is -0.751. The van der Waals surface area contributed by atoms with E-state index < -0.39 is 6.09 Å². The Morgan fingerprint density at radius 2 is 2.50 bits per heavy atom. The van der Waals surface area contributed by atoms with Crippen molar-refractivity contribution in [1.82, 2.24) is 15.5 Å². The van der Waals surface area contributed by atoms with Crippen LogP contribution in [0.4, 0.5) is 4.79 Å². The number of nitrogens with one attached hydrogen (secondary N) is 2. The van der Waals surface area contributed by atoms with Crippen LogP contribution in [0.5, 0.6) is 0 Å². The third-order valence-corrected chi connectivity index (χ3v) is 1.97. The maximum absolute atomic E-state index is 11.1. The average Bonchev–Trinajstić information content (AvgIpc) is 2.56. The molecule has 0 radical (unpaired) electrons. The predicted octanol–water partition coefficient (Wildman–Crippen LogP) is -0.761. The number of aliphatic imine (C=N–C) groups is 1. The lowest BCUT2D eigenvalue weighted by Gasteiger charge is -2.02. The molecule has 1 aromatic heterocycles. The summed E-state index contributed by atoms with van der Waals surface area (Å²) >= 11 is 0. The van der Waals surface area contributed by atoms with E-state index in [1.165, 1.54) is 6.34 Å². The molecule has 1 rings (SSSR count). The molecular weight excluding hydrogens is 210 g/mol. The van der Waals surface area contributed by atoms with Gasteiger partial charge in [-0.05, 0) is 0 Å². The van der Waals surface area contributed by atoms with Crippen LogP contribution >= 0.6 is 0 Å². The molecule has 0 fully saturated rings. The molecule has 16 heavy (non-hydrogen) atoms. The van der Waals surface area contributed by atoms with Crippen molar-refractivity contribution in [1.29, 1.82) is 0 Å². The van der Waals surface area contributed by atoms with E-state index in [-0.39, 0.29) is 0 Å². The van der Waals surface area contributed by atoms with Gasteiger partial charge in [-0.25, -0.2) is 10.3 Å². The number of hydrogen-bond acceptors (Lipinski definition) is 3. The lowest BCUT2D eigenvalue weighted by Crippen LogP contribution is -2.35. The van der Waals surface area contributed by atoms with Crippen LogP contribution < -0.4 is 15.5 Å². The van der Waals surface area contributed by atoms with E-state index in [0.717, 1.165) is 5.56 Å². The lowest BCUT2D eigenvalue weighted by atomic mass is 10.4. The fraction of sp³-hybridized carbons (Fsp3) is 0.444. The molecule has 0 aliphatic carbocycles. The average molecular weight is 226 g/mol. The first-order chi connectivity index (χ1) is 7.63. The van der Waals surface area contributed by atoms with Gasteiger partial charge < -0.3 is 10.2 Å². The Labute approximate surface area is 93.7 Å². The van der Waals surface area contributed by atoms with Crippen LogP contribution in [0, 0.1) is 0 Å². The monoisotopic (exact) mass is 226 g/mol. The number of aryl methyl sites for hydroxylation is 2. The molecule has 0 atom stereocenters. The van der Waals surface area contributed by atoms with Crippen LogP contribution in [0.2, 0.25) is 0 Å². The molecule has 0 saturated heterocycles. The van der Waals surface area contributed by atoms with Crippen LogP contribution in [0.3, 0.4) is 0 Å². The van der Waals surface area contributed by atoms with Crippen molar-refractivity contribution >= 4 is 12.4 Å². The van der Waals surface area contributed by atoms with E-state index in [1.807, 2.05) is 35.9 Å². The van der Waals surface area contributed by atoms with Gasteiger partial charge in [-0.3, -0.25) is 4.99 Å². The van der Waals surface area contributed by atoms with Gasteiger partial charge in [0.1, 0.15) is 6.34 Å². The largest absolute Gasteiger partial charge is 0.431 e. The molecule has 0 spiro atoms. The molecule has 0 bridgehead atoms. The minimum atomic E-state index is -0.550. The summed E-state index contributed by atoms with van der Waals surface area (Å²) in [4.78, 5) is 19.3. The standard InChI is InChI=1S/C9H15N5O2/c1-10-7-12-16-9(15)11-4-8-5-13(2)14(3)6-8/h5-7H,4H2,1-3H3,(H-,10,11,12,15)/p+1. The molecular formula is C9H16N5O2+. The normalized spacial score (nSPS) is 10.4. The Bertz CT molecular complexity index is 366. The molecule has 1 aromatic rings. The van der Waals surface area contributed by atoms with Gasteiger partial charge in [0.05, 0.1) is 25.4 Å². The summed E-state index contributed by atoms with van der Waals surface area (Å²) in [7, 11) is 5.40. The molecule has 0 aliphatic rings. The number of carbonyl (C=O) groups is 1. The van der Waals surface area contributed by atoms with Crippen molar-refractivity contribution in [2.75, 3.05) is 7.05 Å². The smallest absolute Gasteiger partial charge is 0.323 e. The van der Waals surface area contributed by atoms with E-state index in [9.17, 15) is 4.79 Å². The summed E-state index contributed by atoms with van der Waals surface area (Å²) in [6, 6.07) is 0. The Balaban J connectivity index is 2.31. The molecule has 0 aromatic carbocycles. The van der Waals surface area contributed by atoms with Crippen LogP contribution in [-0.4, -0.2) is 24.2 Å². The summed E-state index contributed by atoms with van der Waals surface area (Å²) in [5.74, 6) is 0. The van der Waals surface area contributed by atoms with Crippen molar-refractivity contribution < 1.29 is 14.3 Å². The number of amides is 1. The SMILES string of the molecule is CN=CNOC(=O)NCc1cn(C)[n+](C)c1. The van der Waals surface area contributed by atoms with Gasteiger partial charge in [0, 0.05) is 7.05 Å². The molecule has 7 heteroatoms. The maximum atomic E-state index is 11.1. The van der Waals surface area contributed by atoms with Gasteiger partial charge >= 0.3 is 6.09 Å². The minimum Gasteiger partial charge on any atom is -0.323 e. The second kappa shape index (κ2) is 5.74. The second-order valence-electron chi connectivity index (χ2n) is 3.23.